The van der Waals surface area contributed by atoms with Gasteiger partial charge in [-0.05, 0) is 45.4 Å². The van der Waals surface area contributed by atoms with Gasteiger partial charge in [0.25, 0.3) is 0 Å². The van der Waals surface area contributed by atoms with Gasteiger partial charge in [-0.1, -0.05) is 12.1 Å². The number of rotatable bonds is 6. The molecule has 130 valence electrons. The molecule has 0 amide bonds. The Bertz CT molecular complexity index is 696. The number of aliphatic imine (C=N–C) groups is 1. The van der Waals surface area contributed by atoms with Crippen LogP contribution in [-0.4, -0.2) is 30.6 Å². The fourth-order valence-corrected chi connectivity index (χ4v) is 3.20. The molecule has 0 saturated heterocycles. The first-order valence-corrected chi connectivity index (χ1v) is 8.90. The summed E-state index contributed by atoms with van der Waals surface area (Å²) in [5.74, 6) is 1.66. The molecule has 0 bridgehead atoms. The molecule has 1 aromatic carbocycles. The molecule has 2 N–H and O–H groups in total. The summed E-state index contributed by atoms with van der Waals surface area (Å²) in [5.41, 5.74) is 2.27. The van der Waals surface area contributed by atoms with Gasteiger partial charge in [0.15, 0.2) is 5.96 Å². The van der Waals surface area contributed by atoms with Crippen LogP contribution >= 0.6 is 11.3 Å². The molecular formula is C18H26N4OS. The third kappa shape index (κ3) is 5.53. The van der Waals surface area contributed by atoms with Crippen molar-refractivity contribution in [3.05, 3.63) is 45.4 Å². The third-order valence-electron chi connectivity index (χ3n) is 3.52. The summed E-state index contributed by atoms with van der Waals surface area (Å²) in [6.45, 7) is 9.56. The first-order chi connectivity index (χ1) is 11.5. The highest BCUT2D eigenvalue weighted by Crippen LogP contribution is 2.16. The van der Waals surface area contributed by atoms with Crippen LogP contribution in [0.25, 0.3) is 0 Å². The second kappa shape index (κ2) is 8.68. The Kier molecular flexibility index (Phi) is 6.61. The van der Waals surface area contributed by atoms with Gasteiger partial charge in [0, 0.05) is 11.9 Å². The topological polar surface area (TPSA) is 58.5 Å². The molecule has 0 radical (unpaired) electrons. The molecule has 0 aliphatic carbocycles. The summed E-state index contributed by atoms with van der Waals surface area (Å²) in [6, 6.07) is 8.08. The average molecular weight is 347 g/mol. The molecule has 1 heterocycles. The van der Waals surface area contributed by atoms with Crippen molar-refractivity contribution in [1.29, 1.82) is 0 Å². The monoisotopic (exact) mass is 346 g/mol. The molecule has 0 spiro atoms. The molecule has 2 rings (SSSR count). The SMILES string of the molecule is CN=C(NCc1sc(C)nc1C)NCC(C)Oc1cccc(C)c1. The molecular weight excluding hydrogens is 320 g/mol. The van der Waals surface area contributed by atoms with Crippen LogP contribution in [-0.2, 0) is 6.54 Å². The van der Waals surface area contributed by atoms with E-state index in [4.69, 9.17) is 4.74 Å². The second-order valence-corrected chi connectivity index (χ2v) is 7.08. The number of hydrogen-bond donors (Lipinski definition) is 2. The van der Waals surface area contributed by atoms with Crippen LogP contribution in [0.15, 0.2) is 29.3 Å². The van der Waals surface area contributed by atoms with Crippen molar-refractivity contribution in [2.45, 2.75) is 40.3 Å². The van der Waals surface area contributed by atoms with E-state index in [1.54, 1.807) is 18.4 Å². The van der Waals surface area contributed by atoms with Crippen LogP contribution in [0.3, 0.4) is 0 Å². The zero-order valence-corrected chi connectivity index (χ0v) is 15.8. The molecule has 24 heavy (non-hydrogen) atoms. The summed E-state index contributed by atoms with van der Waals surface area (Å²) in [4.78, 5) is 9.93. The van der Waals surface area contributed by atoms with Gasteiger partial charge in [0.05, 0.1) is 23.8 Å². The summed E-state index contributed by atoms with van der Waals surface area (Å²) >= 11 is 1.71. The van der Waals surface area contributed by atoms with Gasteiger partial charge in [0.1, 0.15) is 11.9 Å². The lowest BCUT2D eigenvalue weighted by Crippen LogP contribution is -2.41. The van der Waals surface area contributed by atoms with E-state index in [0.717, 1.165) is 29.0 Å². The minimum Gasteiger partial charge on any atom is -0.489 e. The summed E-state index contributed by atoms with van der Waals surface area (Å²) in [7, 11) is 1.77. The van der Waals surface area contributed by atoms with E-state index >= 15 is 0 Å². The van der Waals surface area contributed by atoms with E-state index < -0.39 is 0 Å². The smallest absolute Gasteiger partial charge is 0.191 e. The first kappa shape index (κ1) is 18.3. The minimum absolute atomic E-state index is 0.0396. The zero-order valence-electron chi connectivity index (χ0n) is 15.0. The number of aromatic nitrogens is 1. The fraction of sp³-hybridized carbons (Fsp3) is 0.444. The number of nitrogens with zero attached hydrogens (tertiary/aromatic N) is 2. The number of aryl methyl sites for hydroxylation is 3. The molecule has 1 atom stereocenters. The van der Waals surface area contributed by atoms with Gasteiger partial charge in [-0.15, -0.1) is 11.3 Å². The van der Waals surface area contributed by atoms with Crippen LogP contribution in [0, 0.1) is 20.8 Å². The van der Waals surface area contributed by atoms with Crippen molar-refractivity contribution in [2.75, 3.05) is 13.6 Å². The number of thiazole rings is 1. The quantitative estimate of drug-likeness (QED) is 0.623. The zero-order chi connectivity index (χ0) is 17.5. The summed E-state index contributed by atoms with van der Waals surface area (Å²) in [6.07, 6.45) is 0.0396. The van der Waals surface area contributed by atoms with E-state index in [-0.39, 0.29) is 6.10 Å². The number of ether oxygens (including phenoxy) is 1. The number of guanidine groups is 1. The van der Waals surface area contributed by atoms with Crippen LogP contribution in [0.4, 0.5) is 0 Å². The average Bonchev–Trinajstić information content (AvgIpc) is 2.85. The maximum Gasteiger partial charge on any atom is 0.191 e. The lowest BCUT2D eigenvalue weighted by molar-refractivity contribution is 0.223. The molecule has 0 saturated carbocycles. The first-order valence-electron chi connectivity index (χ1n) is 8.08. The Morgan fingerprint density at radius 2 is 2.08 bits per heavy atom. The van der Waals surface area contributed by atoms with Gasteiger partial charge >= 0.3 is 0 Å². The molecule has 1 aromatic heterocycles. The molecule has 0 aliphatic heterocycles. The normalized spacial score (nSPS) is 12.8. The van der Waals surface area contributed by atoms with Crippen molar-refractivity contribution in [3.63, 3.8) is 0 Å². The van der Waals surface area contributed by atoms with Crippen molar-refractivity contribution in [3.8, 4) is 5.75 Å². The number of nitrogens with one attached hydrogen (secondary N) is 2. The van der Waals surface area contributed by atoms with Crippen LogP contribution in [0.5, 0.6) is 5.75 Å². The van der Waals surface area contributed by atoms with Crippen molar-refractivity contribution >= 4 is 17.3 Å². The Balaban J connectivity index is 1.79. The van der Waals surface area contributed by atoms with Crippen LogP contribution in [0.1, 0.15) is 28.1 Å². The fourth-order valence-electron chi connectivity index (χ4n) is 2.33. The summed E-state index contributed by atoms with van der Waals surface area (Å²) < 4.78 is 5.92. The van der Waals surface area contributed by atoms with E-state index in [0.29, 0.717) is 6.54 Å². The number of hydrogen-bond acceptors (Lipinski definition) is 4. The Morgan fingerprint density at radius 1 is 1.29 bits per heavy atom. The maximum absolute atomic E-state index is 5.92. The van der Waals surface area contributed by atoms with Crippen molar-refractivity contribution < 1.29 is 4.74 Å². The largest absolute Gasteiger partial charge is 0.489 e. The highest BCUT2D eigenvalue weighted by atomic mass is 32.1. The molecule has 6 heteroatoms. The Morgan fingerprint density at radius 3 is 2.71 bits per heavy atom. The van der Waals surface area contributed by atoms with Crippen molar-refractivity contribution in [1.82, 2.24) is 15.6 Å². The molecule has 2 aromatic rings. The molecule has 0 fully saturated rings. The van der Waals surface area contributed by atoms with Crippen LogP contribution < -0.4 is 15.4 Å². The van der Waals surface area contributed by atoms with Gasteiger partial charge < -0.3 is 15.4 Å². The molecule has 1 unspecified atom stereocenters. The van der Waals surface area contributed by atoms with Gasteiger partial charge in [0.2, 0.25) is 0 Å². The summed E-state index contributed by atoms with van der Waals surface area (Å²) in [5, 5.41) is 7.71. The predicted molar refractivity (Wildman–Crippen MR) is 101 cm³/mol. The molecule has 0 aliphatic rings. The van der Waals surface area contributed by atoms with Gasteiger partial charge in [-0.3, -0.25) is 4.99 Å². The van der Waals surface area contributed by atoms with Gasteiger partial charge in [-0.2, -0.15) is 0 Å². The van der Waals surface area contributed by atoms with E-state index in [2.05, 4.69) is 33.6 Å². The lowest BCUT2D eigenvalue weighted by atomic mass is 10.2. The van der Waals surface area contributed by atoms with Crippen molar-refractivity contribution in [2.24, 2.45) is 4.99 Å². The Hall–Kier alpha value is -2.08. The lowest BCUT2D eigenvalue weighted by Gasteiger charge is -2.18. The van der Waals surface area contributed by atoms with E-state index in [9.17, 15) is 0 Å². The van der Waals surface area contributed by atoms with E-state index in [1.165, 1.54) is 10.4 Å². The maximum atomic E-state index is 5.92. The van der Waals surface area contributed by atoms with E-state index in [1.807, 2.05) is 39.0 Å². The Labute approximate surface area is 148 Å². The standard InChI is InChI=1S/C18H26N4OS/c1-12-7-6-8-16(9-12)23-13(2)10-20-18(19-5)21-11-17-14(3)22-15(4)24-17/h6-9,13H,10-11H2,1-5H3,(H2,19,20,21). The predicted octanol–water partition coefficient (Wildman–Crippen LogP) is 3.20. The van der Waals surface area contributed by atoms with Gasteiger partial charge in [-0.25, -0.2) is 4.98 Å². The highest BCUT2D eigenvalue weighted by molar-refractivity contribution is 7.11. The third-order valence-corrected chi connectivity index (χ3v) is 4.60. The number of benzene rings is 1. The minimum atomic E-state index is 0.0396. The molecule has 5 nitrogen and oxygen atoms in total. The highest BCUT2D eigenvalue weighted by Gasteiger charge is 2.08. The van der Waals surface area contributed by atoms with Crippen LogP contribution in [0.2, 0.25) is 0 Å². The second-order valence-electron chi connectivity index (χ2n) is 5.79.